The summed E-state index contributed by atoms with van der Waals surface area (Å²) in [4.78, 5) is 16.0. The smallest absolute Gasteiger partial charge is 0.313 e. The number of pyridine rings is 1. The topological polar surface area (TPSA) is 86.3 Å². The zero-order chi connectivity index (χ0) is 23.4. The Morgan fingerprint density at radius 3 is 2.82 bits per heavy atom. The van der Waals surface area contributed by atoms with Gasteiger partial charge in [0.25, 0.3) is 0 Å². The Balaban J connectivity index is 1.51. The van der Waals surface area contributed by atoms with E-state index in [4.69, 9.17) is 0 Å². The highest BCUT2D eigenvalue weighted by Gasteiger charge is 2.30. The lowest BCUT2D eigenvalue weighted by Gasteiger charge is -2.34. The number of hydrogen-bond acceptors (Lipinski definition) is 5. The fourth-order valence-electron chi connectivity index (χ4n) is 4.12. The van der Waals surface area contributed by atoms with E-state index < -0.39 is 11.4 Å². The number of carboxylic acids is 1. The molecular weight excluding hydrogens is 419 g/mol. The number of rotatable bonds is 8. The Morgan fingerprint density at radius 2 is 2.03 bits per heavy atom. The van der Waals surface area contributed by atoms with Crippen molar-refractivity contribution in [2.75, 3.05) is 23.7 Å². The molecule has 1 aliphatic rings. The first-order valence-electron chi connectivity index (χ1n) is 11.1. The molecule has 1 aliphatic heterocycles. The minimum Gasteiger partial charge on any atom is -0.481 e. The predicted molar refractivity (Wildman–Crippen MR) is 128 cm³/mol. The molecule has 0 fully saturated rings. The number of benzene rings is 2. The number of carboxylic acid groups (broad SMARTS) is 1. The number of hydrogen-bond donors (Lipinski definition) is 4. The van der Waals surface area contributed by atoms with Gasteiger partial charge in [-0.1, -0.05) is 42.5 Å². The van der Waals surface area contributed by atoms with Gasteiger partial charge in [0, 0.05) is 18.3 Å². The van der Waals surface area contributed by atoms with E-state index in [1.165, 1.54) is 6.07 Å². The van der Waals surface area contributed by atoms with E-state index in [0.29, 0.717) is 25.1 Å². The number of halogens is 1. The highest BCUT2D eigenvalue weighted by atomic mass is 19.1. The summed E-state index contributed by atoms with van der Waals surface area (Å²) >= 11 is 0. The predicted octanol–water partition coefficient (Wildman–Crippen LogP) is 4.36. The fraction of sp³-hybridized carbons (Fsp3) is 0.308. The normalized spacial score (nSPS) is 16.3. The molecule has 4 N–H and O–H groups in total. The van der Waals surface area contributed by atoms with Gasteiger partial charge in [0.05, 0.1) is 23.2 Å². The minimum absolute atomic E-state index is 0.110. The van der Waals surface area contributed by atoms with Crippen molar-refractivity contribution in [3.63, 3.8) is 0 Å². The summed E-state index contributed by atoms with van der Waals surface area (Å²) in [7, 11) is 0. The Bertz CT molecular complexity index is 1130. The molecule has 6 nitrogen and oxygen atoms in total. The van der Waals surface area contributed by atoms with Crippen LogP contribution < -0.4 is 16.0 Å². The lowest BCUT2D eigenvalue weighted by Crippen LogP contribution is -2.45. The molecule has 0 aliphatic carbocycles. The minimum atomic E-state index is -0.961. The van der Waals surface area contributed by atoms with E-state index in [0.717, 1.165) is 22.6 Å². The second-order valence-electron chi connectivity index (χ2n) is 8.87. The number of nitrogens with one attached hydrogen (secondary N) is 3. The molecular formula is C26H29FN4O2. The Labute approximate surface area is 193 Å². The van der Waals surface area contributed by atoms with Gasteiger partial charge >= 0.3 is 5.97 Å². The van der Waals surface area contributed by atoms with Crippen LogP contribution in [0.1, 0.15) is 36.6 Å². The van der Waals surface area contributed by atoms with E-state index >= 15 is 0 Å². The van der Waals surface area contributed by atoms with Crippen LogP contribution in [0.4, 0.5) is 15.9 Å². The van der Waals surface area contributed by atoms with Crippen molar-refractivity contribution >= 4 is 17.5 Å². The van der Waals surface area contributed by atoms with Crippen LogP contribution in [0.2, 0.25) is 0 Å². The third-order valence-corrected chi connectivity index (χ3v) is 6.25. The first kappa shape index (κ1) is 22.7. The summed E-state index contributed by atoms with van der Waals surface area (Å²) < 4.78 is 14.7. The molecule has 0 unspecified atom stereocenters. The fourth-order valence-corrected chi connectivity index (χ4v) is 4.12. The van der Waals surface area contributed by atoms with Gasteiger partial charge in [-0.05, 0) is 56.1 Å². The molecule has 1 aromatic heterocycles. The maximum Gasteiger partial charge on any atom is 0.313 e. The van der Waals surface area contributed by atoms with Crippen molar-refractivity contribution in [2.45, 2.75) is 37.8 Å². The number of fused-ring (bicyclic) bond motifs is 1. The summed E-state index contributed by atoms with van der Waals surface area (Å²) in [5, 5.41) is 19.9. The first-order chi connectivity index (χ1) is 15.9. The van der Waals surface area contributed by atoms with Gasteiger partial charge in [0.15, 0.2) is 0 Å². The molecule has 0 bridgehead atoms. The van der Waals surface area contributed by atoms with Crippen molar-refractivity contribution in [1.82, 2.24) is 10.3 Å². The standard InChI is InChI=1S/C26H29FN4O2/c1-26(2,25(32)33)18-8-5-7-17(15-18)12-14-28-23(19-9-3-4-10-20(19)27)22-16-30-21-11-6-13-29-24(21)31-22/h3-11,13,15,22-23,28,30H,12,14,16H2,1-2H3,(H,29,31)(H,32,33)/t22-,23+/m0/s1. The van der Waals surface area contributed by atoms with Crippen LogP contribution in [0.3, 0.4) is 0 Å². The number of aromatic nitrogens is 1. The SMILES string of the molecule is CC(C)(C(=O)O)c1cccc(CCN[C@H](c2ccccc2F)[C@@H]2CNc3cccnc3N2)c1. The summed E-state index contributed by atoms with van der Waals surface area (Å²) in [5.74, 6) is -0.364. The van der Waals surface area contributed by atoms with Crippen LogP contribution in [0, 0.1) is 5.82 Å². The average molecular weight is 449 g/mol. The number of anilines is 2. The van der Waals surface area contributed by atoms with Gasteiger partial charge in [-0.15, -0.1) is 0 Å². The Morgan fingerprint density at radius 1 is 1.21 bits per heavy atom. The molecule has 33 heavy (non-hydrogen) atoms. The second kappa shape index (κ2) is 9.58. The second-order valence-corrected chi connectivity index (χ2v) is 8.87. The molecule has 3 aromatic rings. The van der Waals surface area contributed by atoms with E-state index in [2.05, 4.69) is 20.9 Å². The van der Waals surface area contributed by atoms with Crippen molar-refractivity contribution in [2.24, 2.45) is 0 Å². The summed E-state index contributed by atoms with van der Waals surface area (Å²) in [6.45, 7) is 4.62. The van der Waals surface area contributed by atoms with Gasteiger partial charge < -0.3 is 21.1 Å². The van der Waals surface area contributed by atoms with Gasteiger partial charge in [-0.2, -0.15) is 0 Å². The van der Waals surface area contributed by atoms with Crippen molar-refractivity contribution in [3.05, 3.63) is 89.4 Å². The first-order valence-corrected chi connectivity index (χ1v) is 11.1. The van der Waals surface area contributed by atoms with Gasteiger partial charge in [0.1, 0.15) is 11.6 Å². The number of carbonyl (C=O) groups is 1. The van der Waals surface area contributed by atoms with Gasteiger partial charge in [-0.3, -0.25) is 4.79 Å². The van der Waals surface area contributed by atoms with E-state index in [1.54, 1.807) is 32.2 Å². The van der Waals surface area contributed by atoms with Gasteiger partial charge in [0.2, 0.25) is 0 Å². The molecule has 2 heterocycles. The van der Waals surface area contributed by atoms with E-state index in [1.807, 2.05) is 42.5 Å². The molecule has 2 aromatic carbocycles. The molecule has 0 amide bonds. The van der Waals surface area contributed by atoms with Crippen molar-refractivity contribution in [1.29, 1.82) is 0 Å². The van der Waals surface area contributed by atoms with Crippen LogP contribution in [0.5, 0.6) is 0 Å². The quantitative estimate of drug-likeness (QED) is 0.410. The van der Waals surface area contributed by atoms with E-state index in [-0.39, 0.29) is 17.9 Å². The molecule has 4 rings (SSSR count). The molecule has 2 atom stereocenters. The maximum atomic E-state index is 14.7. The zero-order valence-corrected chi connectivity index (χ0v) is 18.8. The van der Waals surface area contributed by atoms with Crippen LogP contribution in [-0.4, -0.2) is 35.2 Å². The molecule has 0 spiro atoms. The zero-order valence-electron chi connectivity index (χ0n) is 18.8. The Hall–Kier alpha value is -3.45. The third kappa shape index (κ3) is 4.98. The summed E-state index contributed by atoms with van der Waals surface area (Å²) in [5.41, 5.74) is 2.36. The molecule has 0 saturated carbocycles. The highest BCUT2D eigenvalue weighted by Crippen LogP contribution is 2.29. The molecule has 0 radical (unpaired) electrons. The average Bonchev–Trinajstić information content (AvgIpc) is 2.82. The Kier molecular flexibility index (Phi) is 6.60. The molecule has 172 valence electrons. The lowest BCUT2D eigenvalue weighted by molar-refractivity contribution is -0.142. The lowest BCUT2D eigenvalue weighted by atomic mass is 9.84. The van der Waals surface area contributed by atoms with Crippen LogP contribution in [0.25, 0.3) is 0 Å². The van der Waals surface area contributed by atoms with Crippen LogP contribution >= 0.6 is 0 Å². The summed E-state index contributed by atoms with van der Waals surface area (Å²) in [6.07, 6.45) is 2.41. The van der Waals surface area contributed by atoms with Crippen LogP contribution in [0.15, 0.2) is 66.9 Å². The monoisotopic (exact) mass is 448 g/mol. The molecule has 0 saturated heterocycles. The number of aliphatic carboxylic acids is 1. The van der Waals surface area contributed by atoms with Crippen LogP contribution in [-0.2, 0) is 16.6 Å². The van der Waals surface area contributed by atoms with Gasteiger partial charge in [-0.25, -0.2) is 9.37 Å². The molecule has 7 heteroatoms. The van der Waals surface area contributed by atoms with Crippen molar-refractivity contribution in [3.8, 4) is 0 Å². The van der Waals surface area contributed by atoms with Crippen molar-refractivity contribution < 1.29 is 14.3 Å². The third-order valence-electron chi connectivity index (χ3n) is 6.25. The van der Waals surface area contributed by atoms with E-state index in [9.17, 15) is 14.3 Å². The highest BCUT2D eigenvalue weighted by molar-refractivity contribution is 5.80. The summed E-state index contributed by atoms with van der Waals surface area (Å²) in [6, 6.07) is 17.9. The largest absolute Gasteiger partial charge is 0.481 e. The number of nitrogens with zero attached hydrogens (tertiary/aromatic N) is 1. The maximum absolute atomic E-state index is 14.7.